The highest BCUT2D eigenvalue weighted by atomic mass is 35.5. The van der Waals surface area contributed by atoms with Crippen LogP contribution in [0.15, 0.2) is 0 Å². The molecule has 0 atom stereocenters. The zero-order valence-corrected chi connectivity index (χ0v) is 15.3. The summed E-state index contributed by atoms with van der Waals surface area (Å²) in [4.78, 5) is 0. The lowest BCUT2D eigenvalue weighted by atomic mass is 10.1. The number of hydrogen-bond donors (Lipinski definition) is 0. The molecule has 3 heteroatoms. The number of nitrogens with zero attached hydrogens (tertiary/aromatic N) is 1. The number of unbranched alkanes of at least 4 members (excludes halogenated alkanes) is 7. The van der Waals surface area contributed by atoms with Crippen LogP contribution in [0.4, 0.5) is 0 Å². The fraction of sp³-hybridized carbons (Fsp3) is 1.00. The first-order valence-corrected chi connectivity index (χ1v) is 9.17. The first kappa shape index (κ1) is 21.9. The molecule has 0 aliphatic rings. The van der Waals surface area contributed by atoms with Gasteiger partial charge in [-0.15, -0.1) is 11.8 Å². The molecular weight excluding hydrogens is 274 g/mol. The second-order valence-corrected chi connectivity index (χ2v) is 7.25. The lowest BCUT2D eigenvalue weighted by Crippen LogP contribution is -3.00. The summed E-state index contributed by atoms with van der Waals surface area (Å²) in [7, 11) is 4.78. The van der Waals surface area contributed by atoms with Crippen molar-refractivity contribution in [1.29, 1.82) is 0 Å². The molecule has 0 aromatic carbocycles. The Morgan fingerprint density at radius 1 is 0.737 bits per heavy atom. The van der Waals surface area contributed by atoms with Gasteiger partial charge in [0.1, 0.15) is 5.88 Å². The largest absolute Gasteiger partial charge is 1.00 e. The van der Waals surface area contributed by atoms with Gasteiger partial charge in [0.15, 0.2) is 0 Å². The third-order valence-electron chi connectivity index (χ3n) is 3.45. The van der Waals surface area contributed by atoms with Gasteiger partial charge in [0.25, 0.3) is 0 Å². The zero-order valence-electron chi connectivity index (χ0n) is 13.7. The van der Waals surface area contributed by atoms with E-state index in [0.29, 0.717) is 0 Å². The van der Waals surface area contributed by atoms with Crippen LogP contribution in [0.3, 0.4) is 0 Å². The van der Waals surface area contributed by atoms with Crippen molar-refractivity contribution < 1.29 is 16.9 Å². The summed E-state index contributed by atoms with van der Waals surface area (Å²) in [5.41, 5.74) is 0. The molecule has 0 aliphatic carbocycles. The summed E-state index contributed by atoms with van der Waals surface area (Å²) in [5, 5.41) is 0. The van der Waals surface area contributed by atoms with Gasteiger partial charge in [0.05, 0.1) is 20.6 Å². The quantitative estimate of drug-likeness (QED) is 0.286. The van der Waals surface area contributed by atoms with Gasteiger partial charge in [0.2, 0.25) is 0 Å². The fourth-order valence-corrected chi connectivity index (χ4v) is 3.31. The molecule has 0 unspecified atom stereocenters. The first-order valence-electron chi connectivity index (χ1n) is 8.02. The molecule has 0 amide bonds. The third-order valence-corrected chi connectivity index (χ3v) is 4.91. The van der Waals surface area contributed by atoms with Gasteiger partial charge in [-0.3, -0.25) is 0 Å². The van der Waals surface area contributed by atoms with Gasteiger partial charge in [-0.25, -0.2) is 0 Å². The molecule has 0 aromatic heterocycles. The maximum atomic E-state index is 2.39. The van der Waals surface area contributed by atoms with E-state index in [1.807, 2.05) is 0 Å². The van der Waals surface area contributed by atoms with Crippen LogP contribution in [0.25, 0.3) is 0 Å². The van der Waals surface area contributed by atoms with E-state index in [1.54, 1.807) is 0 Å². The van der Waals surface area contributed by atoms with Gasteiger partial charge < -0.3 is 16.9 Å². The summed E-state index contributed by atoms with van der Waals surface area (Å²) in [5.74, 6) is 2.64. The predicted octanol–water partition coefficient (Wildman–Crippen LogP) is 2.31. The Balaban J connectivity index is 0. The Hall–Kier alpha value is 0.600. The minimum atomic E-state index is 0. The zero-order chi connectivity index (χ0) is 13.7. The van der Waals surface area contributed by atoms with Crippen LogP contribution in [-0.2, 0) is 0 Å². The van der Waals surface area contributed by atoms with Gasteiger partial charge in [0, 0.05) is 0 Å². The second-order valence-electron chi connectivity index (χ2n) is 6.17. The highest BCUT2D eigenvalue weighted by molar-refractivity contribution is 7.99. The fourth-order valence-electron chi connectivity index (χ4n) is 2.15. The van der Waals surface area contributed by atoms with Crippen molar-refractivity contribution in [2.75, 3.05) is 32.3 Å². The minimum Gasteiger partial charge on any atom is -1.00 e. The summed E-state index contributed by atoms with van der Waals surface area (Å²) in [6.07, 6.45) is 12.6. The van der Waals surface area contributed by atoms with Crippen LogP contribution in [0.2, 0.25) is 0 Å². The Kier molecular flexibility index (Phi) is 17.3. The third kappa shape index (κ3) is 16.5. The van der Waals surface area contributed by atoms with Gasteiger partial charge in [-0.1, -0.05) is 52.4 Å². The van der Waals surface area contributed by atoms with E-state index in [1.165, 1.54) is 80.4 Å². The highest BCUT2D eigenvalue weighted by Crippen LogP contribution is 2.14. The van der Waals surface area contributed by atoms with Crippen LogP contribution in [0.1, 0.15) is 71.6 Å². The molecule has 0 aliphatic heterocycles. The molecule has 0 N–H and O–H groups in total. The van der Waals surface area contributed by atoms with Crippen LogP contribution in [-0.4, -0.2) is 36.8 Å². The van der Waals surface area contributed by atoms with Crippen molar-refractivity contribution in [3.8, 4) is 0 Å². The van der Waals surface area contributed by atoms with E-state index in [-0.39, 0.29) is 12.4 Å². The average Bonchev–Trinajstić information content (AvgIpc) is 2.33. The Morgan fingerprint density at radius 3 is 1.89 bits per heavy atom. The van der Waals surface area contributed by atoms with Crippen molar-refractivity contribution >= 4 is 11.8 Å². The standard InChI is InChI=1S/C16H36NS.ClH/c1-5-7-9-10-11-12-14-17(3,4)16-18-15-13-8-6-2;/h5-16H2,1-4H3;1H/q+1;/p-1. The first-order chi connectivity index (χ1) is 8.62. The number of quaternary nitrogens is 1. The molecule has 0 fully saturated rings. The van der Waals surface area contributed by atoms with E-state index < -0.39 is 0 Å². The summed E-state index contributed by atoms with van der Waals surface area (Å²) < 4.78 is 1.20. The van der Waals surface area contributed by atoms with E-state index in [0.717, 1.165) is 0 Å². The van der Waals surface area contributed by atoms with Gasteiger partial charge in [-0.05, 0) is 25.0 Å². The lowest BCUT2D eigenvalue weighted by Gasteiger charge is -2.29. The van der Waals surface area contributed by atoms with Crippen molar-refractivity contribution in [2.45, 2.75) is 71.6 Å². The topological polar surface area (TPSA) is 0 Å². The van der Waals surface area contributed by atoms with E-state index in [2.05, 4.69) is 39.7 Å². The molecule has 0 aromatic rings. The number of thioether (sulfide) groups is 1. The molecule has 0 rings (SSSR count). The van der Waals surface area contributed by atoms with E-state index in [9.17, 15) is 0 Å². The Morgan fingerprint density at radius 2 is 1.26 bits per heavy atom. The molecule has 19 heavy (non-hydrogen) atoms. The van der Waals surface area contributed by atoms with Crippen LogP contribution >= 0.6 is 11.8 Å². The molecule has 1 nitrogen and oxygen atoms in total. The van der Waals surface area contributed by atoms with Crippen molar-refractivity contribution in [2.24, 2.45) is 0 Å². The van der Waals surface area contributed by atoms with Crippen molar-refractivity contribution in [3.63, 3.8) is 0 Å². The molecule has 0 radical (unpaired) electrons. The number of rotatable bonds is 13. The molecule has 0 bridgehead atoms. The molecule has 0 saturated carbocycles. The predicted molar refractivity (Wildman–Crippen MR) is 87.2 cm³/mol. The number of halogens is 1. The minimum absolute atomic E-state index is 0. The van der Waals surface area contributed by atoms with Gasteiger partial charge in [-0.2, -0.15) is 0 Å². The molecule has 0 spiro atoms. The molecule has 0 saturated heterocycles. The molecule has 118 valence electrons. The Labute approximate surface area is 132 Å². The van der Waals surface area contributed by atoms with E-state index in [4.69, 9.17) is 0 Å². The number of hydrogen-bond acceptors (Lipinski definition) is 1. The maximum absolute atomic E-state index is 2.39. The normalized spacial score (nSPS) is 11.4. The SMILES string of the molecule is CCCCCCCC[N+](C)(C)CSCCCCC.[Cl-]. The summed E-state index contributed by atoms with van der Waals surface area (Å²) in [6, 6.07) is 0. The summed E-state index contributed by atoms with van der Waals surface area (Å²) in [6.45, 7) is 5.92. The summed E-state index contributed by atoms with van der Waals surface area (Å²) >= 11 is 2.14. The Bertz CT molecular complexity index is 174. The smallest absolute Gasteiger partial charge is 0.125 e. The lowest BCUT2D eigenvalue weighted by molar-refractivity contribution is -0.877. The average molecular weight is 310 g/mol. The van der Waals surface area contributed by atoms with E-state index >= 15 is 0 Å². The van der Waals surface area contributed by atoms with Gasteiger partial charge >= 0.3 is 0 Å². The van der Waals surface area contributed by atoms with Crippen LogP contribution in [0, 0.1) is 0 Å². The second kappa shape index (κ2) is 15.0. The highest BCUT2D eigenvalue weighted by Gasteiger charge is 2.13. The van der Waals surface area contributed by atoms with Crippen molar-refractivity contribution in [3.05, 3.63) is 0 Å². The van der Waals surface area contributed by atoms with Crippen molar-refractivity contribution in [1.82, 2.24) is 0 Å². The molecule has 0 heterocycles. The molecular formula is C16H36ClNS. The monoisotopic (exact) mass is 309 g/mol. The maximum Gasteiger partial charge on any atom is 0.125 e. The van der Waals surface area contributed by atoms with Crippen LogP contribution < -0.4 is 12.4 Å². The van der Waals surface area contributed by atoms with Crippen LogP contribution in [0.5, 0.6) is 0 Å².